The first-order valence-electron chi connectivity index (χ1n) is 4.42. The van der Waals surface area contributed by atoms with Crippen molar-refractivity contribution in [2.75, 3.05) is 5.73 Å². The van der Waals surface area contributed by atoms with E-state index in [0.29, 0.717) is 16.3 Å². The molecule has 0 atom stereocenters. The summed E-state index contributed by atoms with van der Waals surface area (Å²) >= 11 is 5.98. The van der Waals surface area contributed by atoms with Crippen molar-refractivity contribution in [2.45, 2.75) is 26.2 Å². The maximum absolute atomic E-state index is 5.98. The van der Waals surface area contributed by atoms with Gasteiger partial charge in [0, 0.05) is 5.56 Å². The van der Waals surface area contributed by atoms with Crippen LogP contribution in [0.3, 0.4) is 0 Å². The highest BCUT2D eigenvalue weighted by Gasteiger charge is 2.16. The predicted molar refractivity (Wildman–Crippen MR) is 62.5 cm³/mol. The Hall–Kier alpha value is -1.13. The third-order valence-electron chi connectivity index (χ3n) is 2.15. The molecule has 0 amide bonds. The maximum atomic E-state index is 5.98. The van der Waals surface area contributed by atoms with Gasteiger partial charge in [-0.1, -0.05) is 38.3 Å². The van der Waals surface area contributed by atoms with Crippen LogP contribution in [0.15, 0.2) is 12.1 Å². The molecule has 0 saturated heterocycles. The Labute approximate surface area is 90.3 Å². The average Bonchev–Trinajstić information content (AvgIpc) is 2.07. The first-order valence-corrected chi connectivity index (χ1v) is 4.80. The minimum absolute atomic E-state index is 0.0307. The van der Waals surface area contributed by atoms with Gasteiger partial charge in [0.2, 0.25) is 0 Å². The van der Waals surface area contributed by atoms with Crippen LogP contribution >= 0.6 is 11.6 Å². The summed E-state index contributed by atoms with van der Waals surface area (Å²) in [6, 6.07) is 3.79. The summed E-state index contributed by atoms with van der Waals surface area (Å²) in [5, 5.41) is 0.533. The van der Waals surface area contributed by atoms with Gasteiger partial charge in [-0.15, -0.1) is 6.42 Å². The van der Waals surface area contributed by atoms with Crippen molar-refractivity contribution in [1.29, 1.82) is 0 Å². The monoisotopic (exact) mass is 207 g/mol. The molecule has 0 spiro atoms. The van der Waals surface area contributed by atoms with Crippen molar-refractivity contribution in [3.8, 4) is 12.3 Å². The number of hydrogen-bond acceptors (Lipinski definition) is 1. The second kappa shape index (κ2) is 3.55. The molecule has 1 aromatic rings. The normalized spacial score (nSPS) is 11.1. The number of terminal acetylenes is 1. The smallest absolute Gasteiger partial charge is 0.0662 e. The SMILES string of the molecule is C#Cc1cc(C(C)(C)C)cc(Cl)c1N. The molecule has 2 N–H and O–H groups in total. The average molecular weight is 208 g/mol. The van der Waals surface area contributed by atoms with E-state index in [4.69, 9.17) is 23.8 Å². The van der Waals surface area contributed by atoms with Crippen molar-refractivity contribution in [1.82, 2.24) is 0 Å². The molecule has 0 aliphatic rings. The van der Waals surface area contributed by atoms with Crippen LogP contribution in [-0.4, -0.2) is 0 Å². The molecule has 0 bridgehead atoms. The van der Waals surface area contributed by atoms with Crippen LogP contribution in [-0.2, 0) is 5.41 Å². The van der Waals surface area contributed by atoms with E-state index >= 15 is 0 Å². The zero-order chi connectivity index (χ0) is 10.9. The van der Waals surface area contributed by atoms with Gasteiger partial charge in [0.1, 0.15) is 0 Å². The molecule has 0 radical (unpaired) electrons. The van der Waals surface area contributed by atoms with Crippen LogP contribution in [0.5, 0.6) is 0 Å². The lowest BCUT2D eigenvalue weighted by Gasteiger charge is -2.20. The summed E-state index contributed by atoms with van der Waals surface area (Å²) in [7, 11) is 0. The van der Waals surface area contributed by atoms with E-state index in [9.17, 15) is 0 Å². The summed E-state index contributed by atoms with van der Waals surface area (Å²) in [5.74, 6) is 2.54. The van der Waals surface area contributed by atoms with Crippen molar-refractivity contribution in [3.63, 3.8) is 0 Å². The minimum Gasteiger partial charge on any atom is -0.397 e. The molecule has 0 unspecified atom stereocenters. The fraction of sp³-hybridized carbons (Fsp3) is 0.333. The maximum Gasteiger partial charge on any atom is 0.0662 e. The number of anilines is 1. The van der Waals surface area contributed by atoms with Crippen LogP contribution in [0.4, 0.5) is 5.69 Å². The minimum atomic E-state index is 0.0307. The zero-order valence-electron chi connectivity index (χ0n) is 8.69. The van der Waals surface area contributed by atoms with E-state index in [2.05, 4.69) is 26.7 Å². The Morgan fingerprint density at radius 1 is 1.36 bits per heavy atom. The molecule has 1 nitrogen and oxygen atoms in total. The lowest BCUT2D eigenvalue weighted by Crippen LogP contribution is -2.12. The summed E-state index contributed by atoms with van der Waals surface area (Å²) in [6.45, 7) is 6.32. The molecule has 0 heterocycles. The second-order valence-electron chi connectivity index (χ2n) is 4.31. The van der Waals surface area contributed by atoms with Crippen LogP contribution in [0.1, 0.15) is 31.9 Å². The Kier molecular flexibility index (Phi) is 2.78. The molecule has 0 aromatic heterocycles. The van der Waals surface area contributed by atoms with Gasteiger partial charge in [-0.25, -0.2) is 0 Å². The fourth-order valence-corrected chi connectivity index (χ4v) is 1.39. The topological polar surface area (TPSA) is 26.0 Å². The number of nitrogens with two attached hydrogens (primary N) is 1. The van der Waals surface area contributed by atoms with E-state index in [0.717, 1.165) is 5.56 Å². The van der Waals surface area contributed by atoms with Crippen LogP contribution < -0.4 is 5.73 Å². The van der Waals surface area contributed by atoms with Gasteiger partial charge in [-0.05, 0) is 23.1 Å². The zero-order valence-corrected chi connectivity index (χ0v) is 9.44. The molecular weight excluding hydrogens is 194 g/mol. The molecule has 1 rings (SSSR count). The number of halogens is 1. The van der Waals surface area contributed by atoms with Gasteiger partial charge in [0.25, 0.3) is 0 Å². The number of hydrogen-bond donors (Lipinski definition) is 1. The van der Waals surface area contributed by atoms with Crippen molar-refractivity contribution in [3.05, 3.63) is 28.3 Å². The molecule has 2 heteroatoms. The third-order valence-corrected chi connectivity index (χ3v) is 2.46. The van der Waals surface area contributed by atoms with E-state index in [1.807, 2.05) is 12.1 Å². The number of rotatable bonds is 0. The fourth-order valence-electron chi connectivity index (χ4n) is 1.17. The predicted octanol–water partition coefficient (Wildman–Crippen LogP) is 3.20. The van der Waals surface area contributed by atoms with Gasteiger partial charge < -0.3 is 5.73 Å². The van der Waals surface area contributed by atoms with E-state index in [1.54, 1.807) is 0 Å². The Bertz CT molecular complexity index is 394. The highest BCUT2D eigenvalue weighted by molar-refractivity contribution is 6.33. The molecule has 0 saturated carbocycles. The molecule has 0 aliphatic carbocycles. The first-order chi connectivity index (χ1) is 6.36. The highest BCUT2D eigenvalue weighted by atomic mass is 35.5. The first kappa shape index (κ1) is 10.9. The lowest BCUT2D eigenvalue weighted by molar-refractivity contribution is 0.590. The number of benzene rings is 1. The summed E-state index contributed by atoms with van der Waals surface area (Å²) in [4.78, 5) is 0. The van der Waals surface area contributed by atoms with E-state index in [-0.39, 0.29) is 5.41 Å². The Morgan fingerprint density at radius 2 is 1.93 bits per heavy atom. The van der Waals surface area contributed by atoms with Gasteiger partial charge in [-0.3, -0.25) is 0 Å². The highest BCUT2D eigenvalue weighted by Crippen LogP contribution is 2.30. The number of nitrogen functional groups attached to an aromatic ring is 1. The van der Waals surface area contributed by atoms with Gasteiger partial charge in [0.15, 0.2) is 0 Å². The van der Waals surface area contributed by atoms with Crippen LogP contribution in [0, 0.1) is 12.3 Å². The Balaban J connectivity index is 3.40. The van der Waals surface area contributed by atoms with Crippen molar-refractivity contribution >= 4 is 17.3 Å². The molecule has 1 aromatic carbocycles. The van der Waals surface area contributed by atoms with Gasteiger partial charge in [-0.2, -0.15) is 0 Å². The van der Waals surface area contributed by atoms with E-state index in [1.165, 1.54) is 0 Å². The third kappa shape index (κ3) is 2.02. The van der Waals surface area contributed by atoms with Crippen LogP contribution in [0.2, 0.25) is 5.02 Å². The Morgan fingerprint density at radius 3 is 2.36 bits per heavy atom. The molecule has 0 fully saturated rings. The van der Waals surface area contributed by atoms with Crippen LogP contribution in [0.25, 0.3) is 0 Å². The van der Waals surface area contributed by atoms with Gasteiger partial charge >= 0.3 is 0 Å². The molecule has 74 valence electrons. The molecular formula is C12H14ClN. The summed E-state index contributed by atoms with van der Waals surface area (Å²) < 4.78 is 0. The largest absolute Gasteiger partial charge is 0.397 e. The molecule has 14 heavy (non-hydrogen) atoms. The molecule has 0 aliphatic heterocycles. The second-order valence-corrected chi connectivity index (χ2v) is 4.72. The lowest BCUT2D eigenvalue weighted by atomic mass is 9.86. The summed E-state index contributed by atoms with van der Waals surface area (Å²) in [5.41, 5.74) is 8.02. The summed E-state index contributed by atoms with van der Waals surface area (Å²) in [6.07, 6.45) is 5.34. The van der Waals surface area contributed by atoms with Crippen molar-refractivity contribution in [2.24, 2.45) is 0 Å². The van der Waals surface area contributed by atoms with Gasteiger partial charge in [0.05, 0.1) is 10.7 Å². The van der Waals surface area contributed by atoms with Crippen molar-refractivity contribution < 1.29 is 0 Å². The van der Waals surface area contributed by atoms with E-state index < -0.39 is 0 Å². The standard InChI is InChI=1S/C12H14ClN/c1-5-8-6-9(12(2,3)4)7-10(13)11(8)14/h1,6-7H,14H2,2-4H3. The quantitative estimate of drug-likeness (QED) is 0.513.